The second-order valence-corrected chi connectivity index (χ2v) is 4.06. The minimum Gasteiger partial charge on any atom is -0.481 e. The summed E-state index contributed by atoms with van der Waals surface area (Å²) in [6.45, 7) is -0.422. The van der Waals surface area contributed by atoms with E-state index in [1.165, 1.54) is 0 Å². The molecule has 0 aliphatic heterocycles. The van der Waals surface area contributed by atoms with Crippen LogP contribution in [-0.4, -0.2) is 22.8 Å². The number of aliphatic carboxylic acids is 1. The smallest absolute Gasteiger partial charge is 0.313 e. The lowest BCUT2D eigenvalue weighted by Crippen LogP contribution is -2.15. The van der Waals surface area contributed by atoms with Gasteiger partial charge in [-0.15, -0.1) is 0 Å². The maximum absolute atomic E-state index is 10.9. The van der Waals surface area contributed by atoms with Crippen molar-refractivity contribution in [2.75, 3.05) is 6.61 Å². The van der Waals surface area contributed by atoms with E-state index in [9.17, 15) is 4.79 Å². The van der Waals surface area contributed by atoms with Gasteiger partial charge in [0.1, 0.15) is 17.4 Å². The van der Waals surface area contributed by atoms with Crippen LogP contribution >= 0.6 is 0 Å². The highest BCUT2D eigenvalue weighted by Crippen LogP contribution is 2.24. The third kappa shape index (κ3) is 3.33. The van der Waals surface area contributed by atoms with Crippen LogP contribution in [0.1, 0.15) is 11.5 Å². The largest absolute Gasteiger partial charge is 0.481 e. The SMILES string of the molecule is O=C(O)C(CO)c1ccc(Oc2ccccc2)cc1. The van der Waals surface area contributed by atoms with Gasteiger partial charge in [-0.05, 0) is 29.8 Å². The van der Waals surface area contributed by atoms with E-state index in [0.717, 1.165) is 0 Å². The average Bonchev–Trinajstić information content (AvgIpc) is 2.42. The molecule has 0 spiro atoms. The molecular formula is C15H14O4. The first-order valence-corrected chi connectivity index (χ1v) is 5.87. The summed E-state index contributed by atoms with van der Waals surface area (Å²) in [4.78, 5) is 10.9. The lowest BCUT2D eigenvalue weighted by molar-refractivity contribution is -0.139. The van der Waals surface area contributed by atoms with Crippen LogP contribution in [0.5, 0.6) is 11.5 Å². The molecule has 1 unspecified atom stereocenters. The maximum atomic E-state index is 10.9. The number of ether oxygens (including phenoxy) is 1. The fourth-order valence-corrected chi connectivity index (χ4v) is 1.72. The molecule has 0 radical (unpaired) electrons. The van der Waals surface area contributed by atoms with Gasteiger partial charge < -0.3 is 14.9 Å². The van der Waals surface area contributed by atoms with E-state index in [4.69, 9.17) is 14.9 Å². The van der Waals surface area contributed by atoms with E-state index in [1.807, 2.05) is 30.3 Å². The molecule has 4 nitrogen and oxygen atoms in total. The number of aliphatic hydroxyl groups is 1. The summed E-state index contributed by atoms with van der Waals surface area (Å²) in [7, 11) is 0. The van der Waals surface area contributed by atoms with Gasteiger partial charge in [-0.3, -0.25) is 4.79 Å². The zero-order valence-electron chi connectivity index (χ0n) is 10.2. The molecular weight excluding hydrogens is 244 g/mol. The van der Waals surface area contributed by atoms with Crippen molar-refractivity contribution in [3.63, 3.8) is 0 Å². The molecule has 0 aliphatic rings. The van der Waals surface area contributed by atoms with E-state index >= 15 is 0 Å². The van der Waals surface area contributed by atoms with Crippen LogP contribution in [0.25, 0.3) is 0 Å². The number of aliphatic hydroxyl groups excluding tert-OH is 1. The molecule has 19 heavy (non-hydrogen) atoms. The molecule has 4 heteroatoms. The standard InChI is InChI=1S/C15H14O4/c16-10-14(15(17)18)11-6-8-13(9-7-11)19-12-4-2-1-3-5-12/h1-9,14,16H,10H2,(H,17,18). The molecule has 1 atom stereocenters. The minimum absolute atomic E-state index is 0.422. The number of carboxylic acid groups (broad SMARTS) is 1. The zero-order chi connectivity index (χ0) is 13.7. The Balaban J connectivity index is 2.12. The van der Waals surface area contributed by atoms with E-state index in [-0.39, 0.29) is 0 Å². The molecule has 0 aromatic heterocycles. The van der Waals surface area contributed by atoms with Crippen LogP contribution in [0.15, 0.2) is 54.6 Å². The van der Waals surface area contributed by atoms with Gasteiger partial charge in [0.2, 0.25) is 0 Å². The Morgan fingerprint density at radius 3 is 2.11 bits per heavy atom. The van der Waals surface area contributed by atoms with Gasteiger partial charge in [-0.1, -0.05) is 30.3 Å². The van der Waals surface area contributed by atoms with Crippen molar-refractivity contribution in [1.29, 1.82) is 0 Å². The molecule has 2 N–H and O–H groups in total. The van der Waals surface area contributed by atoms with Crippen LogP contribution in [0.2, 0.25) is 0 Å². The van der Waals surface area contributed by atoms with Crippen molar-refractivity contribution in [2.24, 2.45) is 0 Å². The highest BCUT2D eigenvalue weighted by Gasteiger charge is 2.18. The van der Waals surface area contributed by atoms with E-state index in [0.29, 0.717) is 17.1 Å². The molecule has 0 heterocycles. The van der Waals surface area contributed by atoms with Crippen molar-refractivity contribution in [1.82, 2.24) is 0 Å². The Morgan fingerprint density at radius 1 is 1.00 bits per heavy atom. The molecule has 2 aromatic carbocycles. The lowest BCUT2D eigenvalue weighted by atomic mass is 10.0. The summed E-state index contributed by atoms with van der Waals surface area (Å²) in [6, 6.07) is 16.0. The first kappa shape index (κ1) is 13.1. The average molecular weight is 258 g/mol. The quantitative estimate of drug-likeness (QED) is 0.865. The molecule has 0 aliphatic carbocycles. The highest BCUT2D eigenvalue weighted by molar-refractivity contribution is 5.76. The van der Waals surface area contributed by atoms with Crippen LogP contribution < -0.4 is 4.74 Å². The molecule has 0 amide bonds. The predicted octanol–water partition coefficient (Wildman–Crippen LogP) is 2.64. The van der Waals surface area contributed by atoms with E-state index in [1.54, 1.807) is 24.3 Å². The fraction of sp³-hybridized carbons (Fsp3) is 0.133. The Morgan fingerprint density at radius 2 is 1.58 bits per heavy atom. The molecule has 98 valence electrons. The molecule has 0 bridgehead atoms. The normalized spacial score (nSPS) is 11.8. The summed E-state index contributed by atoms with van der Waals surface area (Å²) in [5, 5.41) is 18.0. The van der Waals surface area contributed by atoms with Gasteiger partial charge in [0, 0.05) is 0 Å². The molecule has 2 rings (SSSR count). The molecule has 0 saturated carbocycles. The number of carbonyl (C=O) groups is 1. The number of rotatable bonds is 5. The Kier molecular flexibility index (Phi) is 4.15. The third-order valence-corrected chi connectivity index (χ3v) is 2.74. The molecule has 0 fully saturated rings. The third-order valence-electron chi connectivity index (χ3n) is 2.74. The number of para-hydroxylation sites is 1. The lowest BCUT2D eigenvalue weighted by Gasteiger charge is -2.10. The van der Waals surface area contributed by atoms with Crippen molar-refractivity contribution in [2.45, 2.75) is 5.92 Å². The van der Waals surface area contributed by atoms with Crippen molar-refractivity contribution in [3.05, 3.63) is 60.2 Å². The predicted molar refractivity (Wildman–Crippen MR) is 70.4 cm³/mol. The second kappa shape index (κ2) is 6.02. The number of hydrogen-bond donors (Lipinski definition) is 2. The first-order valence-electron chi connectivity index (χ1n) is 5.87. The summed E-state index contributed by atoms with van der Waals surface area (Å²) in [5.41, 5.74) is 0.551. The molecule has 2 aromatic rings. The number of hydrogen-bond acceptors (Lipinski definition) is 3. The second-order valence-electron chi connectivity index (χ2n) is 4.06. The van der Waals surface area contributed by atoms with Gasteiger partial charge in [0.05, 0.1) is 6.61 Å². The monoisotopic (exact) mass is 258 g/mol. The first-order chi connectivity index (χ1) is 9.20. The van der Waals surface area contributed by atoms with Gasteiger partial charge in [0.15, 0.2) is 0 Å². The number of benzene rings is 2. The maximum Gasteiger partial charge on any atom is 0.313 e. The van der Waals surface area contributed by atoms with Crippen LogP contribution in [0, 0.1) is 0 Å². The fourth-order valence-electron chi connectivity index (χ4n) is 1.72. The zero-order valence-corrected chi connectivity index (χ0v) is 10.2. The molecule has 0 saturated heterocycles. The van der Waals surface area contributed by atoms with Crippen molar-refractivity contribution in [3.8, 4) is 11.5 Å². The Bertz CT molecular complexity index is 534. The number of carboxylic acids is 1. The summed E-state index contributed by atoms with van der Waals surface area (Å²) in [6.07, 6.45) is 0. The van der Waals surface area contributed by atoms with E-state index in [2.05, 4.69) is 0 Å². The summed E-state index contributed by atoms with van der Waals surface area (Å²) in [5.74, 6) is -0.603. The van der Waals surface area contributed by atoms with Gasteiger partial charge >= 0.3 is 5.97 Å². The van der Waals surface area contributed by atoms with Gasteiger partial charge in [0.25, 0.3) is 0 Å². The van der Waals surface area contributed by atoms with Gasteiger partial charge in [-0.25, -0.2) is 0 Å². The van der Waals surface area contributed by atoms with Crippen molar-refractivity contribution < 1.29 is 19.7 Å². The Hall–Kier alpha value is -2.33. The van der Waals surface area contributed by atoms with Crippen molar-refractivity contribution >= 4 is 5.97 Å². The highest BCUT2D eigenvalue weighted by atomic mass is 16.5. The van der Waals surface area contributed by atoms with Crippen LogP contribution in [0.3, 0.4) is 0 Å². The van der Waals surface area contributed by atoms with Gasteiger partial charge in [-0.2, -0.15) is 0 Å². The topological polar surface area (TPSA) is 66.8 Å². The van der Waals surface area contributed by atoms with E-state index < -0.39 is 18.5 Å². The van der Waals surface area contributed by atoms with Crippen LogP contribution in [0.4, 0.5) is 0 Å². The summed E-state index contributed by atoms with van der Waals surface area (Å²) < 4.78 is 5.60. The summed E-state index contributed by atoms with van der Waals surface area (Å²) >= 11 is 0. The minimum atomic E-state index is -1.04. The Labute approximate surface area is 110 Å². The van der Waals surface area contributed by atoms with Crippen LogP contribution in [-0.2, 0) is 4.79 Å².